The molecule has 0 atom stereocenters. The summed E-state index contributed by atoms with van der Waals surface area (Å²) in [7, 11) is 0. The van der Waals surface area contributed by atoms with Crippen molar-refractivity contribution in [2.24, 2.45) is 0 Å². The molecule has 0 radical (unpaired) electrons. The van der Waals surface area contributed by atoms with Crippen molar-refractivity contribution >= 4 is 66.4 Å². The second-order valence-electron chi connectivity index (χ2n) is 25.5. The largest absolute Gasteiger partial charge is 0.309 e. The summed E-state index contributed by atoms with van der Waals surface area (Å²) in [6.45, 7) is 9.41. The van der Waals surface area contributed by atoms with E-state index in [0.717, 1.165) is 62.7 Å². The van der Waals surface area contributed by atoms with Gasteiger partial charge in [-0.3, -0.25) is 0 Å². The third kappa shape index (κ3) is 8.60. The number of benzene rings is 14. The Bertz CT molecular complexity index is 4630. The molecule has 16 rings (SSSR count). The first kappa shape index (κ1) is 56.9. The summed E-state index contributed by atoms with van der Waals surface area (Å²) in [5, 5.41) is 7.52. The van der Waals surface area contributed by atoms with Crippen LogP contribution in [-0.2, 0) is 36.5 Å². The first-order valence-electron chi connectivity index (χ1n) is 33.8. The molecular formula is C90H76N2. The van der Waals surface area contributed by atoms with E-state index in [1.165, 1.54) is 144 Å². The van der Waals surface area contributed by atoms with Gasteiger partial charge in [0.05, 0.1) is 33.6 Å². The molecule has 0 fully saturated rings. The van der Waals surface area contributed by atoms with E-state index in [2.05, 4.69) is 329 Å². The molecular weight excluding hydrogens is 1110 g/mol. The fraction of sp³-hybridized carbons (Fsp3) is 0.156. The predicted octanol–water partition coefficient (Wildman–Crippen LogP) is 24.1. The van der Waals surface area contributed by atoms with Crippen LogP contribution in [0.4, 0.5) is 34.1 Å². The highest BCUT2D eigenvalue weighted by Crippen LogP contribution is 2.61. The summed E-state index contributed by atoms with van der Waals surface area (Å²) in [6, 6.07) is 112. The van der Waals surface area contributed by atoms with E-state index < -0.39 is 10.8 Å². The highest BCUT2D eigenvalue weighted by atomic mass is 15.2. The van der Waals surface area contributed by atoms with Crippen molar-refractivity contribution in [2.75, 3.05) is 9.80 Å². The molecule has 2 nitrogen and oxygen atoms in total. The van der Waals surface area contributed by atoms with Crippen molar-refractivity contribution in [3.05, 3.63) is 358 Å². The highest BCUT2D eigenvalue weighted by molar-refractivity contribution is 6.28. The lowest BCUT2D eigenvalue weighted by Crippen LogP contribution is -2.31. The quantitative estimate of drug-likeness (QED) is 0.0790. The lowest BCUT2D eigenvalue weighted by atomic mass is 9.65. The van der Waals surface area contributed by atoms with Crippen molar-refractivity contribution in [1.82, 2.24) is 0 Å². The lowest BCUT2D eigenvalue weighted by Gasteiger charge is -2.39. The van der Waals surface area contributed by atoms with E-state index >= 15 is 0 Å². The molecule has 0 saturated heterocycles. The van der Waals surface area contributed by atoms with Crippen LogP contribution in [0, 0.1) is 0 Å². The highest BCUT2D eigenvalue weighted by Gasteiger charge is 2.49. The Hall–Kier alpha value is -10.3. The average Bonchev–Trinajstić information content (AvgIpc) is 1.39. The van der Waals surface area contributed by atoms with Crippen molar-refractivity contribution in [2.45, 2.75) is 89.9 Å². The van der Waals surface area contributed by atoms with Gasteiger partial charge in [-0.15, -0.1) is 0 Å². The van der Waals surface area contributed by atoms with E-state index in [9.17, 15) is 0 Å². The normalized spacial score (nSPS) is 13.3. The number of fused-ring (bicyclic) bond motifs is 6. The van der Waals surface area contributed by atoms with E-state index in [1.807, 2.05) is 0 Å². The standard InChI is InChI=1S/C90H76N2/c1-5-29-63-51-57-81(89(65-33-13-9-14-34-65)77-45-25-21-41-69(77)70-42-22-26-46-78(70)89)73(31-7-3)87(63)91(67-37-17-11-18-38-67)83-59-53-61-50-56-76-84(60-54-62-49-55-75(83)85(61)86(62)76)92(68-39-19-12-20-40-68)88-64(30-6-2)52-58-82(74(88)32-8-4)90(66-35-15-10-16-36-66)79-47-27-23-43-71(79)72-44-24-28-48-80(72)90/h9-28,33-60H,5-8,29-32H2,1-4H3. The number of rotatable bonds is 18. The van der Waals surface area contributed by atoms with Gasteiger partial charge in [-0.05, 0) is 173 Å². The lowest BCUT2D eigenvalue weighted by molar-refractivity contribution is 0.742. The second kappa shape index (κ2) is 23.5. The number of hydrogen-bond acceptors (Lipinski definition) is 2. The van der Waals surface area contributed by atoms with Gasteiger partial charge in [-0.1, -0.05) is 308 Å². The topological polar surface area (TPSA) is 6.48 Å². The Labute approximate surface area is 543 Å². The molecule has 0 unspecified atom stereocenters. The summed E-state index contributed by atoms with van der Waals surface area (Å²) < 4.78 is 0. The molecule has 0 heterocycles. The fourth-order valence-electron chi connectivity index (χ4n) is 17.0. The number of hydrogen-bond donors (Lipinski definition) is 0. The molecule has 14 aromatic rings. The van der Waals surface area contributed by atoms with Gasteiger partial charge in [-0.25, -0.2) is 0 Å². The zero-order valence-corrected chi connectivity index (χ0v) is 53.3. The first-order chi connectivity index (χ1) is 45.5. The molecule has 2 heteroatoms. The zero-order valence-electron chi connectivity index (χ0n) is 53.3. The van der Waals surface area contributed by atoms with Gasteiger partial charge < -0.3 is 9.80 Å². The number of para-hydroxylation sites is 2. The monoisotopic (exact) mass is 1180 g/mol. The summed E-state index contributed by atoms with van der Waals surface area (Å²) in [5.74, 6) is 0. The SMILES string of the molecule is CCCc1ccc(C2(c3ccccc3)c3ccccc3-c3ccccc32)c(CCC)c1N(c1ccccc1)c1ccc2ccc3c(N(c4ccccc4)c4c(CCC)ccc(C5(c6ccccc6)c6ccccc6-c6ccccc65)c4CCC)ccc4ccc1c2c43. The van der Waals surface area contributed by atoms with Crippen LogP contribution in [0.15, 0.2) is 291 Å². The second-order valence-corrected chi connectivity index (χ2v) is 25.5. The maximum Gasteiger partial charge on any atom is 0.0716 e. The van der Waals surface area contributed by atoms with Crippen LogP contribution < -0.4 is 9.80 Å². The van der Waals surface area contributed by atoms with Crippen LogP contribution >= 0.6 is 0 Å². The van der Waals surface area contributed by atoms with Crippen molar-refractivity contribution in [1.29, 1.82) is 0 Å². The van der Waals surface area contributed by atoms with Crippen molar-refractivity contribution in [3.8, 4) is 22.3 Å². The number of anilines is 6. The Kier molecular flexibility index (Phi) is 14.5. The Balaban J connectivity index is 0.970. The molecule has 0 aromatic heterocycles. The summed E-state index contributed by atoms with van der Waals surface area (Å²) in [6.07, 6.45) is 7.71. The van der Waals surface area contributed by atoms with Crippen LogP contribution in [0.3, 0.4) is 0 Å². The molecule has 0 N–H and O–H groups in total. The van der Waals surface area contributed by atoms with Crippen LogP contribution in [0.5, 0.6) is 0 Å². The van der Waals surface area contributed by atoms with E-state index in [1.54, 1.807) is 0 Å². The minimum atomic E-state index is -0.563. The zero-order chi connectivity index (χ0) is 61.9. The van der Waals surface area contributed by atoms with Crippen molar-refractivity contribution < 1.29 is 0 Å². The first-order valence-corrected chi connectivity index (χ1v) is 33.8. The van der Waals surface area contributed by atoms with Gasteiger partial charge in [0, 0.05) is 22.1 Å². The Morgan fingerprint density at radius 2 is 0.565 bits per heavy atom. The van der Waals surface area contributed by atoms with E-state index in [0.29, 0.717) is 0 Å². The molecule has 446 valence electrons. The maximum atomic E-state index is 2.68. The smallest absolute Gasteiger partial charge is 0.0716 e. The summed E-state index contributed by atoms with van der Waals surface area (Å²) in [4.78, 5) is 5.35. The molecule has 2 aliphatic carbocycles. The summed E-state index contributed by atoms with van der Waals surface area (Å²) >= 11 is 0. The molecule has 0 bridgehead atoms. The van der Waals surface area contributed by atoms with Crippen LogP contribution in [0.1, 0.15) is 120 Å². The van der Waals surface area contributed by atoms with Gasteiger partial charge in [0.25, 0.3) is 0 Å². The fourth-order valence-corrected chi connectivity index (χ4v) is 17.0. The molecule has 0 saturated carbocycles. The third-order valence-corrected chi connectivity index (χ3v) is 20.5. The summed E-state index contributed by atoms with van der Waals surface area (Å²) in [5.41, 5.74) is 27.6. The van der Waals surface area contributed by atoms with E-state index in [4.69, 9.17) is 0 Å². The Morgan fingerprint density at radius 1 is 0.261 bits per heavy atom. The van der Waals surface area contributed by atoms with Crippen molar-refractivity contribution in [3.63, 3.8) is 0 Å². The van der Waals surface area contributed by atoms with Gasteiger partial charge in [0.1, 0.15) is 0 Å². The van der Waals surface area contributed by atoms with Crippen LogP contribution in [-0.4, -0.2) is 0 Å². The van der Waals surface area contributed by atoms with Gasteiger partial charge in [-0.2, -0.15) is 0 Å². The van der Waals surface area contributed by atoms with Gasteiger partial charge in [0.15, 0.2) is 0 Å². The molecule has 2 aliphatic rings. The van der Waals surface area contributed by atoms with Gasteiger partial charge in [0.2, 0.25) is 0 Å². The number of aryl methyl sites for hydroxylation is 2. The molecule has 0 aliphatic heterocycles. The van der Waals surface area contributed by atoms with Crippen LogP contribution in [0.2, 0.25) is 0 Å². The predicted molar refractivity (Wildman–Crippen MR) is 390 cm³/mol. The third-order valence-electron chi connectivity index (χ3n) is 20.5. The molecule has 92 heavy (non-hydrogen) atoms. The maximum absolute atomic E-state index is 2.68. The van der Waals surface area contributed by atoms with E-state index in [-0.39, 0.29) is 0 Å². The molecule has 0 amide bonds. The minimum Gasteiger partial charge on any atom is -0.309 e. The van der Waals surface area contributed by atoms with Crippen LogP contribution in [0.25, 0.3) is 54.6 Å². The Morgan fingerprint density at radius 3 is 0.902 bits per heavy atom. The molecule has 14 aromatic carbocycles. The average molecular weight is 1190 g/mol. The number of nitrogens with zero attached hydrogens (tertiary/aromatic N) is 2. The minimum absolute atomic E-state index is 0.563. The van der Waals surface area contributed by atoms with Gasteiger partial charge >= 0.3 is 0 Å². The molecule has 0 spiro atoms.